The Morgan fingerprint density at radius 3 is 1.21 bits per heavy atom. The van der Waals surface area contributed by atoms with Crippen LogP contribution in [-0.2, 0) is 23.8 Å². The molecule has 0 radical (unpaired) electrons. The van der Waals surface area contributed by atoms with Gasteiger partial charge in [0.25, 0.3) is 0 Å². The number of esters is 2. The van der Waals surface area contributed by atoms with E-state index in [0.29, 0.717) is 19.4 Å². The zero-order valence-electron chi connectivity index (χ0n) is 40.1. The standard InChI is InChI=1S/C57H92O5/c1-4-7-10-13-16-19-22-25-27-28-29-30-32-33-35-38-41-44-47-50-56(58)61-54-55(53-60-52-49-46-43-40-37-24-21-18-15-12-9-6-3)62-57(59)51-48-45-42-39-36-34-31-26-23-20-17-14-11-8-5-2/h7-8,10-11,15-20,25-27,29-31,33,35-36,39,55H,4-6,9,12-14,21-24,28,32,34,37-38,40-54H2,1-3H3/b10-7-,11-8-,18-15-,19-16-,20-17-,27-25-,30-29-,31-26-,35-33-,39-36-. The minimum atomic E-state index is -0.582. The molecule has 62 heavy (non-hydrogen) atoms. The number of allylic oxidation sites excluding steroid dienone is 20. The smallest absolute Gasteiger partial charge is 0.306 e. The Balaban J connectivity index is 4.42. The van der Waals surface area contributed by atoms with E-state index in [1.54, 1.807) is 0 Å². The van der Waals surface area contributed by atoms with Gasteiger partial charge < -0.3 is 14.2 Å². The van der Waals surface area contributed by atoms with Gasteiger partial charge >= 0.3 is 11.9 Å². The molecular formula is C57H92O5. The molecule has 0 saturated heterocycles. The second-order valence-corrected chi connectivity index (χ2v) is 15.9. The number of unbranched alkanes of at least 4 members (excludes halogenated alkanes) is 13. The van der Waals surface area contributed by atoms with E-state index in [1.165, 1.54) is 51.4 Å². The normalized spacial score (nSPS) is 13.3. The number of carbonyl (C=O) groups excluding carboxylic acids is 2. The fourth-order valence-electron chi connectivity index (χ4n) is 6.27. The maximum Gasteiger partial charge on any atom is 0.306 e. The van der Waals surface area contributed by atoms with Crippen LogP contribution in [0.2, 0.25) is 0 Å². The zero-order chi connectivity index (χ0) is 44.9. The summed E-state index contributed by atoms with van der Waals surface area (Å²) in [6.07, 6.45) is 72.0. The average Bonchev–Trinajstić information content (AvgIpc) is 3.27. The van der Waals surface area contributed by atoms with Crippen LogP contribution in [0.3, 0.4) is 0 Å². The highest BCUT2D eigenvalue weighted by Gasteiger charge is 2.17. The molecule has 0 aromatic carbocycles. The monoisotopic (exact) mass is 857 g/mol. The first kappa shape index (κ1) is 58.3. The molecule has 0 amide bonds. The zero-order valence-corrected chi connectivity index (χ0v) is 40.1. The van der Waals surface area contributed by atoms with Gasteiger partial charge in [-0.3, -0.25) is 9.59 Å². The van der Waals surface area contributed by atoms with Crippen molar-refractivity contribution in [3.8, 4) is 0 Å². The van der Waals surface area contributed by atoms with Crippen LogP contribution in [0.25, 0.3) is 0 Å². The lowest BCUT2D eigenvalue weighted by Crippen LogP contribution is -2.30. The summed E-state index contributed by atoms with van der Waals surface area (Å²) < 4.78 is 17.3. The summed E-state index contributed by atoms with van der Waals surface area (Å²) in [5.74, 6) is -0.495. The van der Waals surface area contributed by atoms with Gasteiger partial charge in [0.15, 0.2) is 6.10 Å². The van der Waals surface area contributed by atoms with Crippen molar-refractivity contribution in [1.82, 2.24) is 0 Å². The van der Waals surface area contributed by atoms with Crippen LogP contribution in [-0.4, -0.2) is 37.9 Å². The fraction of sp³-hybridized carbons (Fsp3) is 0.614. The van der Waals surface area contributed by atoms with Gasteiger partial charge in [0, 0.05) is 19.4 Å². The first-order valence-electron chi connectivity index (χ1n) is 25.1. The minimum absolute atomic E-state index is 0.0411. The summed E-state index contributed by atoms with van der Waals surface area (Å²) in [4.78, 5) is 25.4. The molecular weight excluding hydrogens is 765 g/mol. The van der Waals surface area contributed by atoms with Gasteiger partial charge in [-0.25, -0.2) is 0 Å². The van der Waals surface area contributed by atoms with E-state index in [4.69, 9.17) is 14.2 Å². The molecule has 1 atom stereocenters. The average molecular weight is 857 g/mol. The number of hydrogen-bond acceptors (Lipinski definition) is 5. The second kappa shape index (κ2) is 51.6. The van der Waals surface area contributed by atoms with Gasteiger partial charge in [-0.2, -0.15) is 0 Å². The summed E-state index contributed by atoms with van der Waals surface area (Å²) in [6, 6.07) is 0. The Kier molecular flexibility index (Phi) is 48.6. The lowest BCUT2D eigenvalue weighted by Gasteiger charge is -2.18. The van der Waals surface area contributed by atoms with Crippen LogP contribution in [0.1, 0.15) is 201 Å². The second-order valence-electron chi connectivity index (χ2n) is 15.9. The van der Waals surface area contributed by atoms with Crippen LogP contribution in [0.4, 0.5) is 0 Å². The van der Waals surface area contributed by atoms with Crippen LogP contribution in [0.5, 0.6) is 0 Å². The van der Waals surface area contributed by atoms with Crippen LogP contribution >= 0.6 is 0 Å². The van der Waals surface area contributed by atoms with Gasteiger partial charge in [0.1, 0.15) is 6.61 Å². The van der Waals surface area contributed by atoms with Crippen molar-refractivity contribution in [2.24, 2.45) is 0 Å². The SMILES string of the molecule is CC/C=C\C/C=C\C/C=C\C/C=C\C/C=C\CCCCCC(=O)OCC(COCCCCCCCC/C=C\CCCC)OC(=O)CCCC/C=C\C/C=C\C/C=C\C/C=C\CC. The third-order valence-electron chi connectivity index (χ3n) is 9.96. The highest BCUT2D eigenvalue weighted by Crippen LogP contribution is 2.11. The van der Waals surface area contributed by atoms with Gasteiger partial charge in [-0.05, 0) is 122 Å². The van der Waals surface area contributed by atoms with E-state index in [0.717, 1.165) is 116 Å². The molecule has 0 fully saturated rings. The van der Waals surface area contributed by atoms with E-state index < -0.39 is 6.10 Å². The van der Waals surface area contributed by atoms with Crippen molar-refractivity contribution in [3.05, 3.63) is 122 Å². The predicted molar refractivity (Wildman–Crippen MR) is 269 cm³/mol. The molecule has 0 spiro atoms. The van der Waals surface area contributed by atoms with Crippen LogP contribution in [0.15, 0.2) is 122 Å². The molecule has 0 aromatic heterocycles. The third-order valence-corrected chi connectivity index (χ3v) is 9.96. The topological polar surface area (TPSA) is 61.8 Å². The highest BCUT2D eigenvalue weighted by atomic mass is 16.6. The van der Waals surface area contributed by atoms with E-state index >= 15 is 0 Å². The molecule has 0 bridgehead atoms. The Hall–Kier alpha value is -3.70. The van der Waals surface area contributed by atoms with Crippen LogP contribution in [0, 0.1) is 0 Å². The van der Waals surface area contributed by atoms with E-state index in [1.807, 2.05) is 0 Å². The molecule has 0 heterocycles. The summed E-state index contributed by atoms with van der Waals surface area (Å²) in [7, 11) is 0. The summed E-state index contributed by atoms with van der Waals surface area (Å²) in [6.45, 7) is 7.45. The predicted octanol–water partition coefficient (Wildman–Crippen LogP) is 17.0. The van der Waals surface area contributed by atoms with Gasteiger partial charge in [0.05, 0.1) is 6.61 Å². The van der Waals surface area contributed by atoms with Crippen molar-refractivity contribution in [2.45, 2.75) is 207 Å². The van der Waals surface area contributed by atoms with Crippen LogP contribution < -0.4 is 0 Å². The molecule has 1 unspecified atom stereocenters. The molecule has 5 heteroatoms. The largest absolute Gasteiger partial charge is 0.462 e. The summed E-state index contributed by atoms with van der Waals surface area (Å²) in [5.41, 5.74) is 0. The van der Waals surface area contributed by atoms with Gasteiger partial charge in [-0.15, -0.1) is 0 Å². The van der Waals surface area contributed by atoms with Crippen molar-refractivity contribution in [2.75, 3.05) is 19.8 Å². The number of rotatable bonds is 44. The van der Waals surface area contributed by atoms with E-state index in [9.17, 15) is 9.59 Å². The molecule has 0 N–H and O–H groups in total. The third kappa shape index (κ3) is 49.0. The summed E-state index contributed by atoms with van der Waals surface area (Å²) in [5, 5.41) is 0. The summed E-state index contributed by atoms with van der Waals surface area (Å²) >= 11 is 0. The van der Waals surface area contributed by atoms with Crippen molar-refractivity contribution in [3.63, 3.8) is 0 Å². The molecule has 0 saturated carbocycles. The Morgan fingerprint density at radius 2 is 0.726 bits per heavy atom. The van der Waals surface area contributed by atoms with Gasteiger partial charge in [0.2, 0.25) is 0 Å². The molecule has 0 aliphatic carbocycles. The number of carbonyl (C=O) groups is 2. The van der Waals surface area contributed by atoms with Crippen molar-refractivity contribution in [1.29, 1.82) is 0 Å². The maximum atomic E-state index is 12.8. The van der Waals surface area contributed by atoms with E-state index in [-0.39, 0.29) is 25.2 Å². The molecule has 0 aliphatic rings. The first-order valence-corrected chi connectivity index (χ1v) is 25.1. The molecule has 5 nitrogen and oxygen atoms in total. The maximum absolute atomic E-state index is 12.8. The molecule has 0 aromatic rings. The highest BCUT2D eigenvalue weighted by molar-refractivity contribution is 5.70. The Labute approximate surface area is 382 Å². The number of ether oxygens (including phenoxy) is 3. The quantitative estimate of drug-likeness (QED) is 0.0347. The molecule has 350 valence electrons. The Morgan fingerprint density at radius 1 is 0.371 bits per heavy atom. The lowest BCUT2D eigenvalue weighted by atomic mass is 10.1. The molecule has 0 aliphatic heterocycles. The minimum Gasteiger partial charge on any atom is -0.462 e. The fourth-order valence-corrected chi connectivity index (χ4v) is 6.27. The van der Waals surface area contributed by atoms with Gasteiger partial charge in [-0.1, -0.05) is 187 Å². The number of hydrogen-bond donors (Lipinski definition) is 0. The van der Waals surface area contributed by atoms with Crippen molar-refractivity contribution >= 4 is 11.9 Å². The Bertz CT molecular complexity index is 1290. The van der Waals surface area contributed by atoms with Crippen molar-refractivity contribution < 1.29 is 23.8 Å². The molecule has 0 rings (SSSR count). The first-order chi connectivity index (χ1) is 30.6. The lowest BCUT2D eigenvalue weighted by molar-refractivity contribution is -0.163. The van der Waals surface area contributed by atoms with E-state index in [2.05, 4.69) is 142 Å².